The van der Waals surface area contributed by atoms with Gasteiger partial charge in [-0.2, -0.15) is 5.10 Å². The Kier molecular flexibility index (Phi) is 2.91. The van der Waals surface area contributed by atoms with Gasteiger partial charge in [0.2, 0.25) is 10.0 Å². The molecule has 0 radical (unpaired) electrons. The summed E-state index contributed by atoms with van der Waals surface area (Å²) in [5, 5.41) is 8.71. The second-order valence-corrected chi connectivity index (χ2v) is 5.18. The summed E-state index contributed by atoms with van der Waals surface area (Å²) >= 11 is 0. The number of hydrogen-bond donors (Lipinski definition) is 1. The third kappa shape index (κ3) is 2.12. The standard InChI is InChI=1S/C10H9F2N3O2S/c1-6-10(18(13,16)17)5-14-15(6)9-3-2-7(11)4-8(9)12/h2-5H,1H3,(H2,13,16,17). The van der Waals surface area contributed by atoms with E-state index in [1.807, 2.05) is 0 Å². The zero-order chi connectivity index (χ0) is 13.5. The van der Waals surface area contributed by atoms with Crippen LogP contribution >= 0.6 is 0 Å². The van der Waals surface area contributed by atoms with Crippen LogP contribution in [0.1, 0.15) is 5.69 Å². The van der Waals surface area contributed by atoms with Gasteiger partial charge in [0, 0.05) is 6.07 Å². The van der Waals surface area contributed by atoms with Gasteiger partial charge in [0.15, 0.2) is 5.82 Å². The Balaban J connectivity index is 2.63. The Morgan fingerprint density at radius 3 is 2.50 bits per heavy atom. The molecule has 0 spiro atoms. The molecule has 1 aromatic carbocycles. The number of halogens is 2. The highest BCUT2D eigenvalue weighted by atomic mass is 32.2. The molecule has 2 rings (SSSR count). The second kappa shape index (κ2) is 4.14. The molecule has 1 aromatic heterocycles. The topological polar surface area (TPSA) is 78.0 Å². The molecule has 0 saturated carbocycles. The van der Waals surface area contributed by atoms with E-state index in [9.17, 15) is 17.2 Å². The first-order valence-corrected chi connectivity index (χ1v) is 6.38. The fraction of sp³-hybridized carbons (Fsp3) is 0.100. The van der Waals surface area contributed by atoms with Gasteiger partial charge in [-0.15, -0.1) is 0 Å². The number of nitrogens with zero attached hydrogens (tertiary/aromatic N) is 2. The van der Waals surface area contributed by atoms with E-state index in [2.05, 4.69) is 5.10 Å². The predicted octanol–water partition coefficient (Wildman–Crippen LogP) is 1.11. The maximum Gasteiger partial charge on any atom is 0.241 e. The maximum atomic E-state index is 13.5. The Bertz CT molecular complexity index is 710. The minimum absolute atomic E-state index is 0.0520. The van der Waals surface area contributed by atoms with Crippen molar-refractivity contribution in [1.29, 1.82) is 0 Å². The molecule has 0 fully saturated rings. The summed E-state index contributed by atoms with van der Waals surface area (Å²) in [5.41, 5.74) is 0.104. The minimum Gasteiger partial charge on any atom is -0.234 e. The first-order chi connectivity index (χ1) is 8.30. The van der Waals surface area contributed by atoms with Crippen molar-refractivity contribution in [3.05, 3.63) is 41.7 Å². The normalized spacial score (nSPS) is 11.8. The van der Waals surface area contributed by atoms with Gasteiger partial charge >= 0.3 is 0 Å². The molecule has 0 aliphatic carbocycles. The minimum atomic E-state index is -3.92. The molecule has 0 saturated heterocycles. The zero-order valence-corrected chi connectivity index (χ0v) is 10.1. The van der Waals surface area contributed by atoms with Crippen LogP contribution in [-0.4, -0.2) is 18.2 Å². The molecule has 0 atom stereocenters. The quantitative estimate of drug-likeness (QED) is 0.890. The molecular formula is C10H9F2N3O2S. The van der Waals surface area contributed by atoms with Gasteiger partial charge in [0.25, 0.3) is 0 Å². The average molecular weight is 273 g/mol. The number of nitrogens with two attached hydrogens (primary N) is 1. The van der Waals surface area contributed by atoms with Crippen LogP contribution in [0.2, 0.25) is 0 Å². The summed E-state index contributed by atoms with van der Waals surface area (Å²) in [5.74, 6) is -1.57. The van der Waals surface area contributed by atoms with Gasteiger partial charge < -0.3 is 0 Å². The van der Waals surface area contributed by atoms with Crippen molar-refractivity contribution in [3.63, 3.8) is 0 Å². The number of hydrogen-bond acceptors (Lipinski definition) is 3. The summed E-state index contributed by atoms with van der Waals surface area (Å²) in [6, 6.07) is 2.90. The van der Waals surface area contributed by atoms with E-state index in [4.69, 9.17) is 5.14 Å². The van der Waals surface area contributed by atoms with Crippen LogP contribution in [0.4, 0.5) is 8.78 Å². The van der Waals surface area contributed by atoms with Gasteiger partial charge in [-0.1, -0.05) is 0 Å². The number of primary sulfonamides is 1. The zero-order valence-electron chi connectivity index (χ0n) is 9.26. The highest BCUT2D eigenvalue weighted by Gasteiger charge is 2.18. The van der Waals surface area contributed by atoms with E-state index in [0.717, 1.165) is 23.0 Å². The van der Waals surface area contributed by atoms with Crippen molar-refractivity contribution in [3.8, 4) is 5.69 Å². The number of sulfonamides is 1. The summed E-state index contributed by atoms with van der Waals surface area (Å²) in [4.78, 5) is -0.203. The van der Waals surface area contributed by atoms with Crippen molar-refractivity contribution in [2.75, 3.05) is 0 Å². The average Bonchev–Trinajstić information content (AvgIpc) is 2.60. The summed E-state index contributed by atoms with van der Waals surface area (Å²) in [7, 11) is -3.92. The van der Waals surface area contributed by atoms with E-state index < -0.39 is 21.7 Å². The lowest BCUT2D eigenvalue weighted by Crippen LogP contribution is -2.13. The van der Waals surface area contributed by atoms with Gasteiger partial charge in [-0.05, 0) is 19.1 Å². The molecule has 0 bridgehead atoms. The summed E-state index contributed by atoms with van der Waals surface area (Å²) in [6.45, 7) is 1.43. The van der Waals surface area contributed by atoms with E-state index in [1.165, 1.54) is 6.92 Å². The van der Waals surface area contributed by atoms with Crippen molar-refractivity contribution in [2.24, 2.45) is 5.14 Å². The molecule has 0 amide bonds. The van der Waals surface area contributed by atoms with Gasteiger partial charge in [-0.25, -0.2) is 27.0 Å². The highest BCUT2D eigenvalue weighted by molar-refractivity contribution is 7.89. The molecule has 0 unspecified atom stereocenters. The number of aromatic nitrogens is 2. The SMILES string of the molecule is Cc1c(S(N)(=O)=O)cnn1-c1ccc(F)cc1F. The van der Waals surface area contributed by atoms with Gasteiger partial charge in [0.05, 0.1) is 11.9 Å². The smallest absolute Gasteiger partial charge is 0.234 e. The van der Waals surface area contributed by atoms with Crippen LogP contribution in [0.25, 0.3) is 5.69 Å². The van der Waals surface area contributed by atoms with Crippen molar-refractivity contribution in [2.45, 2.75) is 11.8 Å². The van der Waals surface area contributed by atoms with E-state index in [1.54, 1.807) is 0 Å². The van der Waals surface area contributed by atoms with Crippen molar-refractivity contribution >= 4 is 10.0 Å². The lowest BCUT2D eigenvalue weighted by molar-refractivity contribution is 0.571. The fourth-order valence-electron chi connectivity index (χ4n) is 1.57. The molecular weight excluding hydrogens is 264 g/mol. The summed E-state index contributed by atoms with van der Waals surface area (Å²) < 4.78 is 49.8. The number of benzene rings is 1. The number of rotatable bonds is 2. The van der Waals surface area contributed by atoms with Crippen LogP contribution in [0.3, 0.4) is 0 Å². The molecule has 2 N–H and O–H groups in total. The lowest BCUT2D eigenvalue weighted by Gasteiger charge is -2.06. The molecule has 2 aromatic rings. The maximum absolute atomic E-state index is 13.5. The Morgan fingerprint density at radius 1 is 1.33 bits per heavy atom. The van der Waals surface area contributed by atoms with Crippen LogP contribution in [0, 0.1) is 18.6 Å². The molecule has 5 nitrogen and oxygen atoms in total. The largest absolute Gasteiger partial charge is 0.241 e. The molecule has 0 aliphatic rings. The Labute approximate surface area is 102 Å². The lowest BCUT2D eigenvalue weighted by atomic mass is 10.3. The molecule has 0 aliphatic heterocycles. The predicted molar refractivity (Wildman–Crippen MR) is 59.6 cm³/mol. The van der Waals surface area contributed by atoms with E-state index >= 15 is 0 Å². The monoisotopic (exact) mass is 273 g/mol. The van der Waals surface area contributed by atoms with Crippen molar-refractivity contribution in [1.82, 2.24) is 9.78 Å². The molecule has 8 heteroatoms. The molecule has 18 heavy (non-hydrogen) atoms. The van der Waals surface area contributed by atoms with E-state index in [-0.39, 0.29) is 16.3 Å². The fourth-order valence-corrected chi connectivity index (χ4v) is 2.26. The van der Waals surface area contributed by atoms with Crippen LogP contribution in [-0.2, 0) is 10.0 Å². The molecule has 96 valence electrons. The van der Waals surface area contributed by atoms with E-state index in [0.29, 0.717) is 6.07 Å². The second-order valence-electron chi connectivity index (χ2n) is 3.65. The first-order valence-electron chi connectivity index (χ1n) is 4.83. The molecule has 1 heterocycles. The van der Waals surface area contributed by atoms with Gasteiger partial charge in [0.1, 0.15) is 16.4 Å². The van der Waals surface area contributed by atoms with Crippen LogP contribution in [0.15, 0.2) is 29.3 Å². The van der Waals surface area contributed by atoms with Gasteiger partial charge in [-0.3, -0.25) is 0 Å². The summed E-state index contributed by atoms with van der Waals surface area (Å²) in [6.07, 6.45) is 1.02. The van der Waals surface area contributed by atoms with Crippen molar-refractivity contribution < 1.29 is 17.2 Å². The third-order valence-corrected chi connectivity index (χ3v) is 3.42. The van der Waals surface area contributed by atoms with Crippen LogP contribution in [0.5, 0.6) is 0 Å². The third-order valence-electron chi connectivity index (χ3n) is 2.41. The first kappa shape index (κ1) is 12.7. The van der Waals surface area contributed by atoms with Crippen LogP contribution < -0.4 is 5.14 Å². The Morgan fingerprint density at radius 2 is 2.00 bits per heavy atom. The Hall–Kier alpha value is -1.80. The highest BCUT2D eigenvalue weighted by Crippen LogP contribution is 2.20.